The van der Waals surface area contributed by atoms with Crippen molar-refractivity contribution < 1.29 is 42.5 Å². The molecule has 0 aromatic carbocycles. The van der Waals surface area contributed by atoms with Gasteiger partial charge in [0.05, 0.1) is 18.8 Å². The van der Waals surface area contributed by atoms with Crippen molar-refractivity contribution in [2.45, 2.75) is 6.42 Å². The van der Waals surface area contributed by atoms with Crippen LogP contribution < -0.4 is 29.6 Å². The minimum absolute atomic E-state index is 0. The van der Waals surface area contributed by atoms with Gasteiger partial charge in [0.2, 0.25) is 0 Å². The zero-order valence-electron chi connectivity index (χ0n) is 7.29. The van der Waals surface area contributed by atoms with Gasteiger partial charge in [-0.05, 0) is 18.1 Å². The van der Waals surface area contributed by atoms with E-state index in [1.165, 1.54) is 0 Å². The van der Waals surface area contributed by atoms with Crippen LogP contribution in [0.5, 0.6) is 0 Å². The second-order valence-electron chi connectivity index (χ2n) is 2.36. The van der Waals surface area contributed by atoms with Crippen molar-refractivity contribution in [1.82, 2.24) is 0 Å². The molecule has 1 aromatic rings. The van der Waals surface area contributed by atoms with Crippen LogP contribution in [0.2, 0.25) is 8.67 Å². The maximum atomic E-state index is 10.3. The molecule has 0 saturated heterocycles. The van der Waals surface area contributed by atoms with E-state index in [1.54, 1.807) is 6.07 Å². The van der Waals surface area contributed by atoms with Crippen molar-refractivity contribution in [1.29, 1.82) is 0 Å². The summed E-state index contributed by atoms with van der Waals surface area (Å²) in [5, 5.41) is 0. The molecule has 8 heteroatoms. The van der Waals surface area contributed by atoms with Gasteiger partial charge in [-0.1, -0.05) is 23.2 Å². The Balaban J connectivity index is 0.00000169. The summed E-state index contributed by atoms with van der Waals surface area (Å²) in [6, 6.07) is 1.57. The molecule has 0 radical (unpaired) electrons. The average molecular weight is 283 g/mol. The largest absolute Gasteiger partial charge is 1.00 e. The molecule has 0 aliphatic rings. The van der Waals surface area contributed by atoms with Crippen LogP contribution in [0.3, 0.4) is 0 Å². The first-order valence-corrected chi connectivity index (χ1v) is 6.41. The molecule has 0 N–H and O–H groups in total. The second-order valence-corrected chi connectivity index (χ2v) is 6.17. The Morgan fingerprint density at radius 2 is 2.00 bits per heavy atom. The topological polar surface area (TPSA) is 57.2 Å². The van der Waals surface area contributed by atoms with E-state index in [-0.39, 0.29) is 36.0 Å². The Bertz CT molecular complexity index is 401. The van der Waals surface area contributed by atoms with Crippen LogP contribution in [-0.2, 0) is 16.5 Å². The summed E-state index contributed by atoms with van der Waals surface area (Å²) in [4.78, 5) is 0. The second kappa shape index (κ2) is 6.06. The van der Waals surface area contributed by atoms with Crippen molar-refractivity contribution in [3.63, 3.8) is 0 Å². The number of thiophene rings is 1. The molecule has 74 valence electrons. The minimum Gasteiger partial charge on any atom is -0.748 e. The van der Waals surface area contributed by atoms with Gasteiger partial charge in [-0.25, -0.2) is 8.42 Å². The van der Waals surface area contributed by atoms with Gasteiger partial charge in [0, 0.05) is 5.75 Å². The number of halogens is 2. The summed E-state index contributed by atoms with van der Waals surface area (Å²) in [6.07, 6.45) is 0.119. The summed E-state index contributed by atoms with van der Waals surface area (Å²) in [5.41, 5.74) is 0.607. The van der Waals surface area contributed by atoms with Gasteiger partial charge < -0.3 is 4.55 Å². The van der Waals surface area contributed by atoms with Crippen molar-refractivity contribution in [2.75, 3.05) is 5.75 Å². The van der Waals surface area contributed by atoms with Crippen LogP contribution in [0.1, 0.15) is 5.56 Å². The standard InChI is InChI=1S/C6H6Cl2O3S2.Na/c7-5-3-4(6(8)12-5)1-2-13(9,10)11;/h3H,1-2H2,(H,9,10,11);/q;+1/p-1. The molecule has 0 unspecified atom stereocenters. The molecule has 0 aliphatic carbocycles. The molecule has 0 saturated carbocycles. The molecule has 1 heterocycles. The molecule has 0 aliphatic heterocycles. The first-order valence-electron chi connectivity index (χ1n) is 3.26. The zero-order valence-corrected chi connectivity index (χ0v) is 12.4. The fourth-order valence-electron chi connectivity index (χ4n) is 0.780. The van der Waals surface area contributed by atoms with Crippen LogP contribution in [0.25, 0.3) is 0 Å². The number of hydrogen-bond acceptors (Lipinski definition) is 4. The summed E-state index contributed by atoms with van der Waals surface area (Å²) < 4.78 is 31.8. The van der Waals surface area contributed by atoms with E-state index in [4.69, 9.17) is 23.2 Å². The summed E-state index contributed by atoms with van der Waals surface area (Å²) in [6.45, 7) is 0. The fraction of sp³-hybridized carbons (Fsp3) is 0.333. The van der Waals surface area contributed by atoms with E-state index < -0.39 is 15.9 Å². The van der Waals surface area contributed by atoms with E-state index in [0.29, 0.717) is 14.2 Å². The van der Waals surface area contributed by atoms with Crippen molar-refractivity contribution in [3.05, 3.63) is 20.3 Å². The Morgan fingerprint density at radius 3 is 2.36 bits per heavy atom. The predicted octanol–water partition coefficient (Wildman–Crippen LogP) is -0.853. The van der Waals surface area contributed by atoms with Gasteiger partial charge in [0.15, 0.2) is 0 Å². The van der Waals surface area contributed by atoms with Crippen LogP contribution in [-0.4, -0.2) is 18.7 Å². The Kier molecular flexibility index (Phi) is 6.57. The Labute approximate surface area is 118 Å². The fourth-order valence-corrected chi connectivity index (χ4v) is 2.79. The third-order valence-corrected chi connectivity index (χ3v) is 3.62. The third-order valence-electron chi connectivity index (χ3n) is 1.35. The Hall–Kier alpha value is 1.19. The summed E-state index contributed by atoms with van der Waals surface area (Å²) in [7, 11) is -4.18. The molecular weight excluding hydrogens is 278 g/mol. The smallest absolute Gasteiger partial charge is 0.748 e. The van der Waals surface area contributed by atoms with Gasteiger partial charge in [-0.15, -0.1) is 11.3 Å². The molecule has 0 fully saturated rings. The van der Waals surface area contributed by atoms with Crippen molar-refractivity contribution in [3.8, 4) is 0 Å². The molecule has 1 rings (SSSR count). The summed E-state index contributed by atoms with van der Waals surface area (Å²) in [5.74, 6) is -0.445. The quantitative estimate of drug-likeness (QED) is 0.536. The van der Waals surface area contributed by atoms with Gasteiger partial charge in [0.1, 0.15) is 0 Å². The average Bonchev–Trinajstić information content (AvgIpc) is 2.24. The van der Waals surface area contributed by atoms with E-state index in [1.807, 2.05) is 0 Å². The number of aryl methyl sites for hydroxylation is 1. The van der Waals surface area contributed by atoms with Crippen molar-refractivity contribution >= 4 is 44.7 Å². The Morgan fingerprint density at radius 1 is 1.43 bits per heavy atom. The van der Waals surface area contributed by atoms with Crippen LogP contribution in [0.15, 0.2) is 6.07 Å². The molecule has 0 spiro atoms. The molecule has 14 heavy (non-hydrogen) atoms. The number of rotatable bonds is 3. The molecule has 0 amide bonds. The SMILES string of the molecule is O=S(=O)([O-])CCc1cc(Cl)sc1Cl.[Na+]. The van der Waals surface area contributed by atoms with Gasteiger partial charge >= 0.3 is 29.6 Å². The first kappa shape index (κ1) is 15.2. The van der Waals surface area contributed by atoms with Crippen molar-refractivity contribution in [2.24, 2.45) is 0 Å². The van der Waals surface area contributed by atoms with E-state index in [9.17, 15) is 13.0 Å². The monoisotopic (exact) mass is 282 g/mol. The maximum Gasteiger partial charge on any atom is 1.00 e. The molecule has 3 nitrogen and oxygen atoms in total. The van der Waals surface area contributed by atoms with Gasteiger partial charge in [-0.2, -0.15) is 0 Å². The van der Waals surface area contributed by atoms with Crippen LogP contribution in [0, 0.1) is 0 Å². The maximum absolute atomic E-state index is 10.3. The van der Waals surface area contributed by atoms with Crippen LogP contribution in [0.4, 0.5) is 0 Å². The van der Waals surface area contributed by atoms with Gasteiger partial charge in [-0.3, -0.25) is 0 Å². The first-order chi connectivity index (χ1) is 5.88. The minimum atomic E-state index is -4.18. The zero-order chi connectivity index (χ0) is 10.1. The summed E-state index contributed by atoms with van der Waals surface area (Å²) >= 11 is 12.5. The predicted molar refractivity (Wildman–Crippen MR) is 52.6 cm³/mol. The van der Waals surface area contributed by atoms with E-state index in [2.05, 4.69) is 0 Å². The van der Waals surface area contributed by atoms with E-state index >= 15 is 0 Å². The molecule has 0 bridgehead atoms. The number of hydrogen-bond donors (Lipinski definition) is 0. The van der Waals surface area contributed by atoms with Gasteiger partial charge in [0.25, 0.3) is 0 Å². The normalized spacial score (nSPS) is 11.1. The molecule has 1 aromatic heterocycles. The van der Waals surface area contributed by atoms with E-state index in [0.717, 1.165) is 11.3 Å². The third kappa shape index (κ3) is 5.32. The molecule has 0 atom stereocenters. The molecular formula is C6H5Cl2NaO3S2. The van der Waals surface area contributed by atoms with Crippen LogP contribution >= 0.6 is 34.5 Å².